The number of benzene rings is 1. The number of amides is 2. The molecule has 34 heavy (non-hydrogen) atoms. The Balaban J connectivity index is 0.000000509. The van der Waals surface area contributed by atoms with Crippen LogP contribution in [0.5, 0.6) is 0 Å². The van der Waals surface area contributed by atoms with E-state index in [1.54, 1.807) is 12.1 Å². The number of nitrogens with one attached hydrogen (secondary N) is 2. The van der Waals surface area contributed by atoms with E-state index in [2.05, 4.69) is 10.3 Å². The first-order chi connectivity index (χ1) is 15.9. The normalized spacial score (nSPS) is 15.3. The lowest BCUT2D eigenvalue weighted by Gasteiger charge is -2.24. The van der Waals surface area contributed by atoms with Crippen LogP contribution in [0.2, 0.25) is 5.02 Å². The van der Waals surface area contributed by atoms with Gasteiger partial charge in [-0.05, 0) is 42.2 Å². The third-order valence-corrected chi connectivity index (χ3v) is 5.13. The molecule has 2 heterocycles. The van der Waals surface area contributed by atoms with Crippen molar-refractivity contribution in [1.29, 1.82) is 0 Å². The molecule has 1 aromatic heterocycles. The smallest absolute Gasteiger partial charge is 0.475 e. The highest BCUT2D eigenvalue weighted by Crippen LogP contribution is 2.20. The number of likely N-dealkylation sites (tertiary alicyclic amines) is 1. The average molecular weight is 503 g/mol. The molecule has 3 rings (SSSR count). The number of aliphatic carboxylic acids is 1. The standard InChI is InChI=1S/C19H21ClN4O3.C2HF3O2/c20-14-7-6-12(10-21)13(9-14)11-22-18(26)16-4-2-8-24(16)19(27)15-3-1-5-17(25)23-15;3-2(4,5)1(6)7/h1,3,5-7,9,16H,2,4,8,10-11,21H2,(H,22,26)(H,23,25);(H,6,7)/t16-;/m0./s1. The molecular formula is C21H22ClF3N4O5. The summed E-state index contributed by atoms with van der Waals surface area (Å²) in [5, 5.41) is 10.6. The molecule has 0 aliphatic carbocycles. The fourth-order valence-electron chi connectivity index (χ4n) is 3.27. The van der Waals surface area contributed by atoms with Crippen molar-refractivity contribution in [2.75, 3.05) is 6.54 Å². The summed E-state index contributed by atoms with van der Waals surface area (Å²) in [6.07, 6.45) is -3.78. The Kier molecular flexibility index (Phi) is 9.21. The minimum absolute atomic E-state index is 0.183. The number of hydrogen-bond acceptors (Lipinski definition) is 5. The van der Waals surface area contributed by atoms with E-state index in [4.69, 9.17) is 27.2 Å². The van der Waals surface area contributed by atoms with Crippen molar-refractivity contribution in [3.63, 3.8) is 0 Å². The molecular weight excluding hydrogens is 481 g/mol. The topological polar surface area (TPSA) is 146 Å². The number of carboxylic acids is 1. The predicted octanol–water partition coefficient (Wildman–Crippen LogP) is 2.04. The van der Waals surface area contributed by atoms with Gasteiger partial charge in [0.05, 0.1) is 0 Å². The van der Waals surface area contributed by atoms with Crippen molar-refractivity contribution in [2.45, 2.75) is 38.1 Å². The van der Waals surface area contributed by atoms with Gasteiger partial charge in [-0.1, -0.05) is 23.7 Å². The van der Waals surface area contributed by atoms with Crippen molar-refractivity contribution in [3.8, 4) is 0 Å². The van der Waals surface area contributed by atoms with Gasteiger partial charge >= 0.3 is 12.1 Å². The minimum Gasteiger partial charge on any atom is -0.475 e. The summed E-state index contributed by atoms with van der Waals surface area (Å²) in [7, 11) is 0. The molecule has 13 heteroatoms. The Morgan fingerprint density at radius 1 is 1.21 bits per heavy atom. The molecule has 5 N–H and O–H groups in total. The van der Waals surface area contributed by atoms with Gasteiger partial charge in [-0.3, -0.25) is 14.4 Å². The summed E-state index contributed by atoms with van der Waals surface area (Å²) in [5.74, 6) is -3.34. The Bertz CT molecular complexity index is 1110. The van der Waals surface area contributed by atoms with E-state index in [-0.39, 0.29) is 29.6 Å². The van der Waals surface area contributed by atoms with Crippen LogP contribution < -0.4 is 16.6 Å². The van der Waals surface area contributed by atoms with Gasteiger partial charge in [-0.25, -0.2) is 4.79 Å². The molecule has 2 aromatic rings. The Hall–Kier alpha value is -3.38. The first kappa shape index (κ1) is 26.9. The van der Waals surface area contributed by atoms with Gasteiger partial charge in [0.15, 0.2) is 0 Å². The van der Waals surface area contributed by atoms with Gasteiger partial charge in [0.2, 0.25) is 11.5 Å². The van der Waals surface area contributed by atoms with Crippen LogP contribution in [-0.4, -0.2) is 51.5 Å². The van der Waals surface area contributed by atoms with Gasteiger partial charge in [-0.2, -0.15) is 13.2 Å². The van der Waals surface area contributed by atoms with Crippen molar-refractivity contribution in [2.24, 2.45) is 5.73 Å². The van der Waals surface area contributed by atoms with Crippen LogP contribution in [-0.2, 0) is 22.7 Å². The van der Waals surface area contributed by atoms with Crippen LogP contribution in [0.25, 0.3) is 0 Å². The summed E-state index contributed by atoms with van der Waals surface area (Å²) in [6.45, 7) is 1.10. The number of nitrogens with zero attached hydrogens (tertiary/aromatic N) is 1. The highest BCUT2D eigenvalue weighted by molar-refractivity contribution is 6.30. The van der Waals surface area contributed by atoms with Gasteiger partial charge in [0.25, 0.3) is 5.91 Å². The van der Waals surface area contributed by atoms with E-state index >= 15 is 0 Å². The third-order valence-electron chi connectivity index (χ3n) is 4.90. The number of alkyl halides is 3. The van der Waals surface area contributed by atoms with E-state index in [0.29, 0.717) is 24.5 Å². The van der Waals surface area contributed by atoms with E-state index in [1.165, 1.54) is 23.1 Å². The van der Waals surface area contributed by atoms with E-state index in [0.717, 1.165) is 17.5 Å². The lowest BCUT2D eigenvalue weighted by molar-refractivity contribution is -0.192. The number of pyridine rings is 1. The maximum atomic E-state index is 12.7. The fraction of sp³-hybridized carbons (Fsp3) is 0.333. The summed E-state index contributed by atoms with van der Waals surface area (Å²) in [5.41, 5.74) is 7.31. The van der Waals surface area contributed by atoms with E-state index in [1.807, 2.05) is 6.07 Å². The second-order valence-electron chi connectivity index (χ2n) is 7.22. The highest BCUT2D eigenvalue weighted by Gasteiger charge is 2.38. The van der Waals surface area contributed by atoms with Crippen LogP contribution in [0.1, 0.15) is 34.5 Å². The zero-order valence-corrected chi connectivity index (χ0v) is 18.4. The van der Waals surface area contributed by atoms with Crippen molar-refractivity contribution in [3.05, 3.63) is 68.6 Å². The van der Waals surface area contributed by atoms with Crippen molar-refractivity contribution < 1.29 is 32.7 Å². The van der Waals surface area contributed by atoms with Crippen LogP contribution >= 0.6 is 11.6 Å². The number of carbonyl (C=O) groups is 3. The largest absolute Gasteiger partial charge is 0.490 e. The maximum Gasteiger partial charge on any atom is 0.490 e. The van der Waals surface area contributed by atoms with Crippen molar-refractivity contribution in [1.82, 2.24) is 15.2 Å². The lowest BCUT2D eigenvalue weighted by Crippen LogP contribution is -2.46. The second kappa shape index (κ2) is 11.7. The molecule has 1 aliphatic heterocycles. The van der Waals surface area contributed by atoms with Gasteiger partial charge in [0, 0.05) is 30.7 Å². The molecule has 0 radical (unpaired) electrons. The fourth-order valence-corrected chi connectivity index (χ4v) is 3.46. The number of carbonyl (C=O) groups excluding carboxylic acids is 2. The van der Waals surface area contributed by atoms with Gasteiger partial charge in [-0.15, -0.1) is 0 Å². The minimum atomic E-state index is -5.08. The van der Waals surface area contributed by atoms with Crippen LogP contribution in [0.15, 0.2) is 41.2 Å². The SMILES string of the molecule is NCc1ccc(Cl)cc1CNC(=O)[C@@H]1CCCN1C(=O)c1cccc(=O)[nH]1.O=C(O)C(F)(F)F. The molecule has 1 aliphatic rings. The quantitative estimate of drug-likeness (QED) is 0.492. The Morgan fingerprint density at radius 3 is 2.47 bits per heavy atom. The molecule has 1 aromatic carbocycles. The van der Waals surface area contributed by atoms with Crippen LogP contribution in [0.3, 0.4) is 0 Å². The second-order valence-corrected chi connectivity index (χ2v) is 7.66. The van der Waals surface area contributed by atoms with E-state index < -0.39 is 18.2 Å². The molecule has 184 valence electrons. The lowest BCUT2D eigenvalue weighted by atomic mass is 10.1. The Morgan fingerprint density at radius 2 is 1.88 bits per heavy atom. The molecule has 0 spiro atoms. The summed E-state index contributed by atoms with van der Waals surface area (Å²) in [6, 6.07) is 9.19. The van der Waals surface area contributed by atoms with E-state index in [9.17, 15) is 27.6 Å². The molecule has 9 nitrogen and oxygen atoms in total. The number of aromatic amines is 1. The number of nitrogens with two attached hydrogens (primary N) is 1. The monoisotopic (exact) mass is 502 g/mol. The average Bonchev–Trinajstić information content (AvgIpc) is 3.27. The number of rotatable bonds is 5. The first-order valence-corrected chi connectivity index (χ1v) is 10.4. The molecule has 1 saturated heterocycles. The molecule has 1 atom stereocenters. The number of aromatic nitrogens is 1. The number of carboxylic acid groups (broad SMARTS) is 1. The summed E-state index contributed by atoms with van der Waals surface area (Å²) in [4.78, 5) is 49.7. The third kappa shape index (κ3) is 7.32. The summed E-state index contributed by atoms with van der Waals surface area (Å²) < 4.78 is 31.7. The molecule has 0 unspecified atom stereocenters. The van der Waals surface area contributed by atoms with Crippen LogP contribution in [0, 0.1) is 0 Å². The number of halogens is 4. The van der Waals surface area contributed by atoms with Gasteiger partial charge in [0.1, 0.15) is 11.7 Å². The predicted molar refractivity (Wildman–Crippen MR) is 116 cm³/mol. The zero-order chi connectivity index (χ0) is 25.5. The molecule has 2 amide bonds. The molecule has 0 bridgehead atoms. The highest BCUT2D eigenvalue weighted by atomic mass is 35.5. The Labute approximate surface area is 196 Å². The van der Waals surface area contributed by atoms with Gasteiger partial charge < -0.3 is 26.0 Å². The zero-order valence-electron chi connectivity index (χ0n) is 17.7. The number of hydrogen-bond donors (Lipinski definition) is 4. The van der Waals surface area contributed by atoms with Crippen molar-refractivity contribution >= 4 is 29.4 Å². The number of H-pyrrole nitrogens is 1. The first-order valence-electron chi connectivity index (χ1n) is 9.99. The molecule has 0 saturated carbocycles. The van der Waals surface area contributed by atoms with Crippen LogP contribution in [0.4, 0.5) is 13.2 Å². The summed E-state index contributed by atoms with van der Waals surface area (Å²) >= 11 is 6.03. The molecule has 1 fully saturated rings. The maximum absolute atomic E-state index is 12.7.